The van der Waals surface area contributed by atoms with Gasteiger partial charge in [-0.25, -0.2) is 0 Å². The van der Waals surface area contributed by atoms with E-state index in [-0.39, 0.29) is 0 Å². The first kappa shape index (κ1) is 13.1. The van der Waals surface area contributed by atoms with E-state index in [2.05, 4.69) is 22.4 Å². The number of hydrogen-bond acceptors (Lipinski definition) is 5. The molecule has 0 aliphatic carbocycles. The van der Waals surface area contributed by atoms with Gasteiger partial charge in [-0.3, -0.25) is 0 Å². The molecule has 92 valence electrons. The Morgan fingerprint density at radius 3 is 2.62 bits per heavy atom. The number of hydrogen-bond donors (Lipinski definition) is 1. The van der Waals surface area contributed by atoms with Gasteiger partial charge in [-0.15, -0.1) is 10.2 Å². The van der Waals surface area contributed by atoms with E-state index in [0.29, 0.717) is 18.9 Å². The van der Waals surface area contributed by atoms with Gasteiger partial charge in [0.05, 0.1) is 6.61 Å². The topological polar surface area (TPSA) is 60.2 Å². The monoisotopic (exact) mass is 227 g/mol. The van der Waals surface area contributed by atoms with Gasteiger partial charge in [-0.05, 0) is 26.4 Å². The highest BCUT2D eigenvalue weighted by Gasteiger charge is 2.05. The van der Waals surface area contributed by atoms with Crippen molar-refractivity contribution in [2.45, 2.75) is 33.1 Å². The van der Waals surface area contributed by atoms with Crippen LogP contribution in [0.4, 0.5) is 0 Å². The van der Waals surface area contributed by atoms with Crippen molar-refractivity contribution in [2.24, 2.45) is 0 Å². The molecule has 0 saturated heterocycles. The molecule has 0 unspecified atom stereocenters. The smallest absolute Gasteiger partial charge is 0.218 e. The maximum Gasteiger partial charge on any atom is 0.218 e. The minimum atomic E-state index is 0.648. The average molecular weight is 227 g/mol. The normalized spacial score (nSPS) is 10.9. The lowest BCUT2D eigenvalue weighted by molar-refractivity contribution is 0.145. The lowest BCUT2D eigenvalue weighted by Gasteiger charge is -1.98. The molecular formula is C11H21N3O2. The summed E-state index contributed by atoms with van der Waals surface area (Å²) in [4.78, 5) is 0. The van der Waals surface area contributed by atoms with E-state index < -0.39 is 0 Å². The summed E-state index contributed by atoms with van der Waals surface area (Å²) >= 11 is 0. The van der Waals surface area contributed by atoms with Gasteiger partial charge in [0.15, 0.2) is 0 Å². The SMILES string of the molecule is CCNCCCc1nnc(CCOCC)o1. The van der Waals surface area contributed by atoms with E-state index in [1.807, 2.05) is 6.92 Å². The maximum atomic E-state index is 5.48. The van der Waals surface area contributed by atoms with Crippen molar-refractivity contribution in [1.29, 1.82) is 0 Å². The average Bonchev–Trinajstić information content (AvgIpc) is 2.73. The zero-order valence-corrected chi connectivity index (χ0v) is 10.2. The van der Waals surface area contributed by atoms with Gasteiger partial charge < -0.3 is 14.5 Å². The van der Waals surface area contributed by atoms with E-state index in [0.717, 1.165) is 38.4 Å². The van der Waals surface area contributed by atoms with Crippen molar-refractivity contribution in [3.8, 4) is 0 Å². The van der Waals surface area contributed by atoms with Crippen LogP contribution in [0.5, 0.6) is 0 Å². The zero-order valence-electron chi connectivity index (χ0n) is 10.2. The fourth-order valence-electron chi connectivity index (χ4n) is 1.34. The number of nitrogens with zero attached hydrogens (tertiary/aromatic N) is 2. The molecule has 0 bridgehead atoms. The molecular weight excluding hydrogens is 206 g/mol. The van der Waals surface area contributed by atoms with Crippen LogP contribution in [0.1, 0.15) is 32.0 Å². The van der Waals surface area contributed by atoms with Crippen molar-refractivity contribution in [2.75, 3.05) is 26.3 Å². The van der Waals surface area contributed by atoms with Gasteiger partial charge in [-0.2, -0.15) is 0 Å². The highest BCUT2D eigenvalue weighted by molar-refractivity contribution is 4.82. The molecule has 1 rings (SSSR count). The number of nitrogens with one attached hydrogen (secondary N) is 1. The Morgan fingerprint density at radius 1 is 1.19 bits per heavy atom. The Bertz CT molecular complexity index is 276. The summed E-state index contributed by atoms with van der Waals surface area (Å²) in [5.41, 5.74) is 0. The van der Waals surface area contributed by atoms with Crippen LogP contribution in [0.2, 0.25) is 0 Å². The Morgan fingerprint density at radius 2 is 1.94 bits per heavy atom. The summed E-state index contributed by atoms with van der Waals surface area (Å²) in [6, 6.07) is 0. The van der Waals surface area contributed by atoms with Crippen molar-refractivity contribution in [3.63, 3.8) is 0 Å². The second-order valence-corrected chi connectivity index (χ2v) is 3.49. The van der Waals surface area contributed by atoms with E-state index >= 15 is 0 Å². The second-order valence-electron chi connectivity index (χ2n) is 3.49. The number of aromatic nitrogens is 2. The quantitative estimate of drug-likeness (QED) is 0.642. The first-order valence-corrected chi connectivity index (χ1v) is 5.96. The number of aryl methyl sites for hydroxylation is 1. The molecule has 1 N–H and O–H groups in total. The largest absolute Gasteiger partial charge is 0.425 e. The molecule has 0 amide bonds. The lowest BCUT2D eigenvalue weighted by Crippen LogP contribution is -2.14. The summed E-state index contributed by atoms with van der Waals surface area (Å²) < 4.78 is 10.7. The van der Waals surface area contributed by atoms with Crippen molar-refractivity contribution in [3.05, 3.63) is 11.8 Å². The molecule has 5 heteroatoms. The number of rotatable bonds is 9. The molecule has 1 aromatic rings. The maximum absolute atomic E-state index is 5.48. The molecule has 1 aromatic heterocycles. The molecule has 0 aromatic carbocycles. The minimum absolute atomic E-state index is 0.648. The molecule has 0 aliphatic rings. The van der Waals surface area contributed by atoms with E-state index in [1.54, 1.807) is 0 Å². The predicted molar refractivity (Wildman–Crippen MR) is 61.4 cm³/mol. The predicted octanol–water partition coefficient (Wildman–Crippen LogP) is 1.19. The molecule has 0 fully saturated rings. The summed E-state index contributed by atoms with van der Waals surface area (Å²) in [6.07, 6.45) is 2.57. The summed E-state index contributed by atoms with van der Waals surface area (Å²) in [6.45, 7) is 7.44. The van der Waals surface area contributed by atoms with E-state index in [4.69, 9.17) is 9.15 Å². The van der Waals surface area contributed by atoms with Gasteiger partial charge in [0.25, 0.3) is 0 Å². The Balaban J connectivity index is 2.17. The van der Waals surface area contributed by atoms with Gasteiger partial charge >= 0.3 is 0 Å². The summed E-state index contributed by atoms with van der Waals surface area (Å²) in [5, 5.41) is 11.2. The van der Waals surface area contributed by atoms with E-state index in [9.17, 15) is 0 Å². The molecule has 5 nitrogen and oxygen atoms in total. The van der Waals surface area contributed by atoms with Crippen LogP contribution < -0.4 is 5.32 Å². The summed E-state index contributed by atoms with van der Waals surface area (Å²) in [5.74, 6) is 1.40. The van der Waals surface area contributed by atoms with Crippen LogP contribution >= 0.6 is 0 Å². The first-order chi connectivity index (χ1) is 7.86. The van der Waals surface area contributed by atoms with Gasteiger partial charge in [0.1, 0.15) is 0 Å². The fraction of sp³-hybridized carbons (Fsp3) is 0.818. The molecule has 16 heavy (non-hydrogen) atoms. The minimum Gasteiger partial charge on any atom is -0.425 e. The standard InChI is InChI=1S/C11H21N3O2/c1-3-12-8-5-6-10-13-14-11(16-10)7-9-15-4-2/h12H,3-9H2,1-2H3. The van der Waals surface area contributed by atoms with Crippen molar-refractivity contribution in [1.82, 2.24) is 15.5 Å². The van der Waals surface area contributed by atoms with Gasteiger partial charge in [-0.1, -0.05) is 6.92 Å². The molecule has 0 saturated carbocycles. The Labute approximate surface area is 96.6 Å². The lowest BCUT2D eigenvalue weighted by atomic mass is 10.3. The van der Waals surface area contributed by atoms with Crippen LogP contribution in [0.25, 0.3) is 0 Å². The third-order valence-corrected chi connectivity index (χ3v) is 2.17. The highest BCUT2D eigenvalue weighted by Crippen LogP contribution is 2.03. The summed E-state index contributed by atoms with van der Waals surface area (Å²) in [7, 11) is 0. The van der Waals surface area contributed by atoms with Crippen molar-refractivity contribution >= 4 is 0 Å². The molecule has 0 radical (unpaired) electrons. The van der Waals surface area contributed by atoms with Crippen LogP contribution in [0, 0.1) is 0 Å². The fourth-order valence-corrected chi connectivity index (χ4v) is 1.34. The highest BCUT2D eigenvalue weighted by atomic mass is 16.5. The van der Waals surface area contributed by atoms with Crippen LogP contribution in [-0.4, -0.2) is 36.5 Å². The number of ether oxygens (including phenoxy) is 1. The van der Waals surface area contributed by atoms with Crippen LogP contribution in [0.3, 0.4) is 0 Å². The van der Waals surface area contributed by atoms with E-state index in [1.165, 1.54) is 0 Å². The zero-order chi connectivity index (χ0) is 11.6. The molecule has 0 spiro atoms. The third kappa shape index (κ3) is 5.23. The Hall–Kier alpha value is -0.940. The molecule has 0 atom stereocenters. The Kier molecular flexibility index (Phi) is 6.76. The van der Waals surface area contributed by atoms with Gasteiger partial charge in [0, 0.05) is 19.4 Å². The first-order valence-electron chi connectivity index (χ1n) is 5.96. The third-order valence-electron chi connectivity index (χ3n) is 2.17. The molecule has 0 aliphatic heterocycles. The van der Waals surface area contributed by atoms with Crippen LogP contribution in [0.15, 0.2) is 4.42 Å². The van der Waals surface area contributed by atoms with Crippen LogP contribution in [-0.2, 0) is 17.6 Å². The second kappa shape index (κ2) is 8.24. The van der Waals surface area contributed by atoms with Crippen molar-refractivity contribution < 1.29 is 9.15 Å². The van der Waals surface area contributed by atoms with Gasteiger partial charge in [0.2, 0.25) is 11.8 Å². The molecule has 1 heterocycles.